The Hall–Kier alpha value is -1.94. The first kappa shape index (κ1) is 92.1. The van der Waals surface area contributed by atoms with Crippen LogP contribution in [0.5, 0.6) is 0 Å². The molecule has 0 aliphatic rings. The van der Waals surface area contributed by atoms with Crippen LogP contribution in [0.3, 0.4) is 0 Å². The fraction of sp³-hybridized carbons (Fsp3) is 0.947. The van der Waals surface area contributed by atoms with Crippen molar-refractivity contribution in [1.29, 1.82) is 0 Å². The maximum Gasteiger partial charge on any atom is 0.472 e. The van der Waals surface area contributed by atoms with E-state index in [9.17, 15) is 43.2 Å². The first-order valence-electron chi connectivity index (χ1n) is 39.2. The Morgan fingerprint density at radius 1 is 0.298 bits per heavy atom. The van der Waals surface area contributed by atoms with Crippen molar-refractivity contribution in [3.05, 3.63) is 0 Å². The Kier molecular flexibility index (Phi) is 66.8. The van der Waals surface area contributed by atoms with E-state index >= 15 is 0 Å². The Balaban J connectivity index is 5.23. The second-order valence-electron chi connectivity index (χ2n) is 27.3. The molecule has 6 atom stereocenters. The standard InChI is InChI=1S/C75H146O17P2/c1-6-10-13-16-19-22-25-26-27-31-35-39-44-49-54-59-73(78)86-65-71(92-75(80)61-56-51-46-41-36-32-29-28-30-34-37-42-47-52-57-68(5)9-4)67-90-94(83,84)88-63-69(76)62-87-93(81,82)89-66-70(64-85-72(77)58-53-48-43-38-24-21-18-15-12-8-3)91-74(79)60-55-50-45-40-33-23-20-17-14-11-7-2/h68-71,76H,6-67H2,1-5H3,(H,81,82)(H,83,84)/t68?,69-,70+,71+/m0/s1. The molecule has 0 saturated carbocycles. The summed E-state index contributed by atoms with van der Waals surface area (Å²) in [5.74, 6) is -1.27. The lowest BCUT2D eigenvalue weighted by Crippen LogP contribution is -2.30. The molecule has 0 heterocycles. The van der Waals surface area contributed by atoms with E-state index in [1.807, 2.05) is 0 Å². The van der Waals surface area contributed by atoms with Crippen molar-refractivity contribution in [2.75, 3.05) is 39.6 Å². The lowest BCUT2D eigenvalue weighted by atomic mass is 9.99. The van der Waals surface area contributed by atoms with Crippen LogP contribution in [0.25, 0.3) is 0 Å². The number of ether oxygens (including phenoxy) is 4. The van der Waals surface area contributed by atoms with Gasteiger partial charge in [0.25, 0.3) is 0 Å². The van der Waals surface area contributed by atoms with Crippen LogP contribution in [0.2, 0.25) is 0 Å². The zero-order chi connectivity index (χ0) is 69.1. The van der Waals surface area contributed by atoms with E-state index in [4.69, 9.17) is 37.0 Å². The van der Waals surface area contributed by atoms with Crippen LogP contribution in [0.15, 0.2) is 0 Å². The molecule has 0 radical (unpaired) electrons. The van der Waals surface area contributed by atoms with Crippen LogP contribution >= 0.6 is 15.6 Å². The third-order valence-electron chi connectivity index (χ3n) is 17.9. The number of aliphatic hydroxyl groups excluding tert-OH is 1. The summed E-state index contributed by atoms with van der Waals surface area (Å²) in [5.41, 5.74) is 0. The number of unbranched alkanes of at least 4 members (excludes halogenated alkanes) is 46. The van der Waals surface area contributed by atoms with Gasteiger partial charge in [-0.25, -0.2) is 9.13 Å². The number of phosphoric acid groups is 2. The van der Waals surface area contributed by atoms with Gasteiger partial charge in [-0.2, -0.15) is 0 Å². The number of phosphoric ester groups is 2. The minimum atomic E-state index is -4.96. The molecule has 0 spiro atoms. The van der Waals surface area contributed by atoms with Crippen molar-refractivity contribution >= 4 is 39.5 Å². The van der Waals surface area contributed by atoms with Crippen LogP contribution in [0, 0.1) is 5.92 Å². The van der Waals surface area contributed by atoms with Crippen LogP contribution in [-0.2, 0) is 65.4 Å². The number of esters is 4. The zero-order valence-corrected chi connectivity index (χ0v) is 62.9. The lowest BCUT2D eigenvalue weighted by Gasteiger charge is -2.21. The molecule has 94 heavy (non-hydrogen) atoms. The second-order valence-corrected chi connectivity index (χ2v) is 30.2. The summed E-state index contributed by atoms with van der Waals surface area (Å²) in [6.07, 6.45) is 56.7. The van der Waals surface area contributed by atoms with E-state index in [0.29, 0.717) is 25.7 Å². The fourth-order valence-electron chi connectivity index (χ4n) is 11.5. The van der Waals surface area contributed by atoms with Crippen molar-refractivity contribution in [3.8, 4) is 0 Å². The third-order valence-corrected chi connectivity index (χ3v) is 19.8. The predicted molar refractivity (Wildman–Crippen MR) is 382 cm³/mol. The van der Waals surface area contributed by atoms with Gasteiger partial charge in [-0.15, -0.1) is 0 Å². The first-order chi connectivity index (χ1) is 45.6. The van der Waals surface area contributed by atoms with E-state index in [2.05, 4.69) is 34.6 Å². The second kappa shape index (κ2) is 68.2. The summed E-state index contributed by atoms with van der Waals surface area (Å²) >= 11 is 0. The summed E-state index contributed by atoms with van der Waals surface area (Å²) < 4.78 is 68.5. The molecule has 0 saturated heterocycles. The van der Waals surface area contributed by atoms with Gasteiger partial charge in [0.1, 0.15) is 19.3 Å². The molecule has 0 rings (SSSR count). The summed E-state index contributed by atoms with van der Waals surface area (Å²) in [4.78, 5) is 72.7. The van der Waals surface area contributed by atoms with Gasteiger partial charge in [0.2, 0.25) is 0 Å². The lowest BCUT2D eigenvalue weighted by molar-refractivity contribution is -0.161. The molecule has 0 aromatic heterocycles. The highest BCUT2D eigenvalue weighted by atomic mass is 31.2. The van der Waals surface area contributed by atoms with E-state index in [1.165, 1.54) is 218 Å². The third kappa shape index (κ3) is 67.3. The largest absolute Gasteiger partial charge is 0.472 e. The Morgan fingerprint density at radius 2 is 0.511 bits per heavy atom. The number of hydrogen-bond acceptors (Lipinski definition) is 15. The minimum absolute atomic E-state index is 0.107. The van der Waals surface area contributed by atoms with E-state index in [0.717, 1.165) is 95.8 Å². The molecule has 0 bridgehead atoms. The normalized spacial score (nSPS) is 14.3. The molecule has 558 valence electrons. The van der Waals surface area contributed by atoms with Gasteiger partial charge >= 0.3 is 39.5 Å². The molecule has 0 aromatic carbocycles. The molecular formula is C75H146O17P2. The molecule has 17 nitrogen and oxygen atoms in total. The predicted octanol–water partition coefficient (Wildman–Crippen LogP) is 22.1. The highest BCUT2D eigenvalue weighted by Crippen LogP contribution is 2.45. The molecule has 0 aliphatic heterocycles. The van der Waals surface area contributed by atoms with Gasteiger partial charge in [-0.05, 0) is 31.6 Å². The van der Waals surface area contributed by atoms with Crippen LogP contribution in [0.4, 0.5) is 0 Å². The van der Waals surface area contributed by atoms with Gasteiger partial charge in [0, 0.05) is 25.7 Å². The maximum absolute atomic E-state index is 13.1. The number of carbonyl (C=O) groups is 4. The van der Waals surface area contributed by atoms with Gasteiger partial charge in [-0.1, -0.05) is 343 Å². The Bertz CT molecular complexity index is 1810. The highest BCUT2D eigenvalue weighted by molar-refractivity contribution is 7.47. The van der Waals surface area contributed by atoms with E-state index in [1.54, 1.807) is 0 Å². The van der Waals surface area contributed by atoms with Gasteiger partial charge in [-0.3, -0.25) is 37.3 Å². The average molecular weight is 1380 g/mol. The van der Waals surface area contributed by atoms with Crippen molar-refractivity contribution in [2.24, 2.45) is 5.92 Å². The SMILES string of the molecule is CCCCCCCCCCCCCCCCCC(=O)OC[C@H](COP(=O)(O)OC[C@@H](O)COP(=O)(O)OC[C@@H](COC(=O)CCCCCCCCCCCC)OC(=O)CCCCCCCCCCCCC)OC(=O)CCCCCCCCCCCCCCCCC(C)CC. The summed E-state index contributed by atoms with van der Waals surface area (Å²) in [6, 6.07) is 0. The van der Waals surface area contributed by atoms with Gasteiger partial charge in [0.05, 0.1) is 26.4 Å². The van der Waals surface area contributed by atoms with Gasteiger partial charge in [0.15, 0.2) is 12.2 Å². The van der Waals surface area contributed by atoms with Crippen LogP contribution in [0.1, 0.15) is 394 Å². The van der Waals surface area contributed by atoms with Crippen LogP contribution < -0.4 is 0 Å². The quantitative estimate of drug-likeness (QED) is 0.0222. The van der Waals surface area contributed by atoms with Crippen molar-refractivity contribution < 1.29 is 80.2 Å². The van der Waals surface area contributed by atoms with Crippen molar-refractivity contribution in [3.63, 3.8) is 0 Å². The van der Waals surface area contributed by atoms with Crippen molar-refractivity contribution in [1.82, 2.24) is 0 Å². The summed E-state index contributed by atoms with van der Waals surface area (Å²) in [7, 11) is -9.91. The molecule has 3 N–H and O–H groups in total. The number of hydrogen-bond donors (Lipinski definition) is 3. The zero-order valence-electron chi connectivity index (χ0n) is 61.1. The molecule has 19 heteroatoms. The van der Waals surface area contributed by atoms with Gasteiger partial charge < -0.3 is 33.8 Å². The number of aliphatic hydroxyl groups is 1. The molecule has 0 fully saturated rings. The Labute approximate surface area is 575 Å². The van der Waals surface area contributed by atoms with Crippen LogP contribution in [-0.4, -0.2) is 96.7 Å². The van der Waals surface area contributed by atoms with E-state index < -0.39 is 97.5 Å². The monoisotopic (exact) mass is 1380 g/mol. The number of carbonyl (C=O) groups excluding carboxylic acids is 4. The molecule has 0 amide bonds. The Morgan fingerprint density at radius 3 is 0.755 bits per heavy atom. The maximum atomic E-state index is 13.1. The summed E-state index contributed by atoms with van der Waals surface area (Å²) in [6.45, 7) is 7.33. The molecule has 0 aromatic rings. The van der Waals surface area contributed by atoms with E-state index in [-0.39, 0.29) is 25.7 Å². The summed E-state index contributed by atoms with van der Waals surface area (Å²) in [5, 5.41) is 10.6. The molecule has 0 aliphatic carbocycles. The minimum Gasteiger partial charge on any atom is -0.462 e. The smallest absolute Gasteiger partial charge is 0.462 e. The fourth-order valence-corrected chi connectivity index (χ4v) is 13.1. The highest BCUT2D eigenvalue weighted by Gasteiger charge is 2.30. The average Bonchev–Trinajstić information content (AvgIpc) is 3.20. The van der Waals surface area contributed by atoms with Crippen molar-refractivity contribution in [2.45, 2.75) is 412 Å². The molecule has 3 unspecified atom stereocenters. The number of rotatable bonds is 75. The topological polar surface area (TPSA) is 237 Å². The molecular weight excluding hydrogens is 1230 g/mol. The first-order valence-corrected chi connectivity index (χ1v) is 42.2.